The lowest BCUT2D eigenvalue weighted by Crippen LogP contribution is -2.37. The summed E-state index contributed by atoms with van der Waals surface area (Å²) < 4.78 is 7.57. The highest BCUT2D eigenvalue weighted by molar-refractivity contribution is 5.98. The molecule has 2 aromatic rings. The zero-order valence-corrected chi connectivity index (χ0v) is 12.2. The molecule has 2 N–H and O–H groups in total. The summed E-state index contributed by atoms with van der Waals surface area (Å²) in [5.41, 5.74) is 8.14. The van der Waals surface area contributed by atoms with E-state index in [1.54, 1.807) is 7.11 Å². The largest absolute Gasteiger partial charge is 0.495 e. The van der Waals surface area contributed by atoms with Crippen molar-refractivity contribution in [2.45, 2.75) is 19.5 Å². The molecule has 1 unspecified atom stereocenters. The van der Waals surface area contributed by atoms with Gasteiger partial charge in [-0.3, -0.25) is 9.89 Å². The van der Waals surface area contributed by atoms with Gasteiger partial charge >= 0.3 is 0 Å². The minimum absolute atomic E-state index is 0.0451. The van der Waals surface area contributed by atoms with Gasteiger partial charge in [-0.1, -0.05) is 12.1 Å². The number of para-hydroxylation sites is 2. The number of rotatable bonds is 4. The van der Waals surface area contributed by atoms with Crippen LogP contribution in [0.1, 0.15) is 18.7 Å². The Morgan fingerprint density at radius 3 is 2.95 bits per heavy atom. The van der Waals surface area contributed by atoms with E-state index in [9.17, 15) is 0 Å². The number of imidazole rings is 1. The van der Waals surface area contributed by atoms with Gasteiger partial charge in [-0.25, -0.2) is 4.98 Å². The molecular formula is C15H19N5O. The number of aliphatic imine (C=N–C) groups is 1. The molecule has 0 fully saturated rings. The molecule has 0 amide bonds. The Bertz CT molecular complexity index is 664. The topological polar surface area (TPSA) is 68.7 Å². The fraction of sp³-hybridized carbons (Fsp3) is 0.333. The fourth-order valence-electron chi connectivity index (χ4n) is 2.72. The predicted molar refractivity (Wildman–Crippen MR) is 82.6 cm³/mol. The van der Waals surface area contributed by atoms with Crippen LogP contribution in [0.4, 0.5) is 5.69 Å². The van der Waals surface area contributed by atoms with Crippen LogP contribution in [0.2, 0.25) is 0 Å². The molecule has 1 aromatic heterocycles. The van der Waals surface area contributed by atoms with Crippen molar-refractivity contribution in [2.24, 2.45) is 10.7 Å². The van der Waals surface area contributed by atoms with Crippen LogP contribution in [-0.4, -0.2) is 29.2 Å². The van der Waals surface area contributed by atoms with Crippen molar-refractivity contribution in [3.8, 4) is 5.75 Å². The van der Waals surface area contributed by atoms with Gasteiger partial charge in [0.1, 0.15) is 5.75 Å². The highest BCUT2D eigenvalue weighted by Crippen LogP contribution is 2.36. The van der Waals surface area contributed by atoms with E-state index in [0.717, 1.165) is 23.7 Å². The molecular weight excluding hydrogens is 266 g/mol. The van der Waals surface area contributed by atoms with Gasteiger partial charge in [-0.15, -0.1) is 0 Å². The van der Waals surface area contributed by atoms with Crippen LogP contribution < -0.4 is 15.4 Å². The van der Waals surface area contributed by atoms with E-state index < -0.39 is 0 Å². The summed E-state index contributed by atoms with van der Waals surface area (Å²) in [6.07, 6.45) is 3.72. The van der Waals surface area contributed by atoms with E-state index in [4.69, 9.17) is 10.5 Å². The quantitative estimate of drug-likeness (QED) is 0.930. The molecule has 0 saturated carbocycles. The second kappa shape index (κ2) is 5.47. The summed E-state index contributed by atoms with van der Waals surface area (Å²) in [4.78, 5) is 10.7. The second-order valence-corrected chi connectivity index (χ2v) is 4.86. The van der Waals surface area contributed by atoms with Crippen LogP contribution in [-0.2, 0) is 6.54 Å². The smallest absolute Gasteiger partial charge is 0.196 e. The number of nitrogens with two attached hydrogens (primary N) is 1. The van der Waals surface area contributed by atoms with Gasteiger partial charge in [-0.2, -0.15) is 0 Å². The summed E-state index contributed by atoms with van der Waals surface area (Å²) >= 11 is 0. The first-order valence-electron chi connectivity index (χ1n) is 6.98. The SMILES string of the molecule is CCn1cncc1C1CN=C(N)N1c1ccccc1OC. The highest BCUT2D eigenvalue weighted by atomic mass is 16.5. The second-order valence-electron chi connectivity index (χ2n) is 4.86. The van der Waals surface area contributed by atoms with Crippen molar-refractivity contribution in [3.63, 3.8) is 0 Å². The number of hydrogen-bond donors (Lipinski definition) is 1. The molecule has 6 nitrogen and oxygen atoms in total. The lowest BCUT2D eigenvalue weighted by atomic mass is 10.1. The molecule has 1 aromatic carbocycles. The summed E-state index contributed by atoms with van der Waals surface area (Å²) in [6, 6.07) is 7.87. The summed E-state index contributed by atoms with van der Waals surface area (Å²) in [6.45, 7) is 3.58. The van der Waals surface area contributed by atoms with Crippen molar-refractivity contribution < 1.29 is 4.74 Å². The van der Waals surface area contributed by atoms with Crippen molar-refractivity contribution in [1.29, 1.82) is 0 Å². The number of guanidine groups is 1. The van der Waals surface area contributed by atoms with Crippen LogP contribution in [0.5, 0.6) is 5.75 Å². The molecule has 110 valence electrons. The van der Waals surface area contributed by atoms with Gasteiger partial charge < -0.3 is 15.0 Å². The van der Waals surface area contributed by atoms with Crippen LogP contribution in [0, 0.1) is 0 Å². The molecule has 0 aliphatic carbocycles. The van der Waals surface area contributed by atoms with Crippen LogP contribution >= 0.6 is 0 Å². The number of nitrogens with zero attached hydrogens (tertiary/aromatic N) is 4. The standard InChI is InChI=1S/C15H19N5O/c1-3-19-10-17-8-12(19)13-9-18-15(16)20(13)11-6-4-5-7-14(11)21-2/h4-8,10,13H,3,9H2,1-2H3,(H2,16,18). The van der Waals surface area contributed by atoms with Crippen LogP contribution in [0.15, 0.2) is 41.8 Å². The number of ether oxygens (including phenoxy) is 1. The Morgan fingerprint density at radius 2 is 2.19 bits per heavy atom. The first-order valence-corrected chi connectivity index (χ1v) is 6.98. The Kier molecular flexibility index (Phi) is 3.51. The summed E-state index contributed by atoms with van der Waals surface area (Å²) in [7, 11) is 1.66. The van der Waals surface area contributed by atoms with E-state index in [1.165, 1.54) is 0 Å². The molecule has 6 heteroatoms. The van der Waals surface area contributed by atoms with Gasteiger partial charge in [0.05, 0.1) is 43.6 Å². The van der Waals surface area contributed by atoms with Crippen LogP contribution in [0.25, 0.3) is 0 Å². The maximum absolute atomic E-state index is 6.11. The third kappa shape index (κ3) is 2.22. The van der Waals surface area contributed by atoms with Gasteiger partial charge in [0, 0.05) is 6.54 Å². The highest BCUT2D eigenvalue weighted by Gasteiger charge is 2.32. The summed E-state index contributed by atoms with van der Waals surface area (Å²) in [5.74, 6) is 1.29. The Balaban J connectivity index is 2.04. The first-order chi connectivity index (χ1) is 10.3. The fourth-order valence-corrected chi connectivity index (χ4v) is 2.72. The van der Waals surface area contributed by atoms with E-state index >= 15 is 0 Å². The molecule has 0 radical (unpaired) electrons. The average molecular weight is 285 g/mol. The van der Waals surface area contributed by atoms with E-state index in [0.29, 0.717) is 12.5 Å². The Labute approximate surface area is 123 Å². The van der Waals surface area contributed by atoms with E-state index in [2.05, 4.69) is 21.5 Å². The maximum atomic E-state index is 6.11. The molecule has 0 spiro atoms. The number of aryl methyl sites for hydroxylation is 1. The Morgan fingerprint density at radius 1 is 1.38 bits per heavy atom. The number of hydrogen-bond acceptors (Lipinski definition) is 5. The molecule has 2 heterocycles. The number of anilines is 1. The van der Waals surface area contributed by atoms with E-state index in [-0.39, 0.29) is 6.04 Å². The molecule has 3 rings (SSSR count). The minimum Gasteiger partial charge on any atom is -0.495 e. The minimum atomic E-state index is 0.0451. The molecule has 0 bridgehead atoms. The third-order valence-corrected chi connectivity index (χ3v) is 3.76. The lowest BCUT2D eigenvalue weighted by molar-refractivity contribution is 0.414. The average Bonchev–Trinajstić information content (AvgIpc) is 3.12. The lowest BCUT2D eigenvalue weighted by Gasteiger charge is -2.28. The predicted octanol–water partition coefficient (Wildman–Crippen LogP) is 1.79. The van der Waals surface area contributed by atoms with E-state index in [1.807, 2.05) is 41.7 Å². The molecule has 1 aliphatic rings. The van der Waals surface area contributed by atoms with Crippen molar-refractivity contribution in [2.75, 3.05) is 18.6 Å². The number of aromatic nitrogens is 2. The first kappa shape index (κ1) is 13.5. The Hall–Kier alpha value is -2.50. The monoisotopic (exact) mass is 285 g/mol. The van der Waals surface area contributed by atoms with Gasteiger partial charge in [0.25, 0.3) is 0 Å². The molecule has 21 heavy (non-hydrogen) atoms. The molecule has 0 saturated heterocycles. The zero-order chi connectivity index (χ0) is 14.8. The van der Waals surface area contributed by atoms with Crippen molar-refractivity contribution >= 4 is 11.6 Å². The van der Waals surface area contributed by atoms with Crippen LogP contribution in [0.3, 0.4) is 0 Å². The summed E-state index contributed by atoms with van der Waals surface area (Å²) in [5, 5.41) is 0. The van der Waals surface area contributed by atoms with Gasteiger partial charge in [-0.05, 0) is 19.1 Å². The zero-order valence-electron chi connectivity index (χ0n) is 12.2. The van der Waals surface area contributed by atoms with Crippen molar-refractivity contribution in [1.82, 2.24) is 9.55 Å². The molecule has 1 aliphatic heterocycles. The normalized spacial score (nSPS) is 17.9. The third-order valence-electron chi connectivity index (χ3n) is 3.76. The molecule has 1 atom stereocenters. The number of benzene rings is 1. The number of methoxy groups -OCH3 is 1. The van der Waals surface area contributed by atoms with Gasteiger partial charge in [0.2, 0.25) is 0 Å². The maximum Gasteiger partial charge on any atom is 0.196 e. The van der Waals surface area contributed by atoms with Gasteiger partial charge in [0.15, 0.2) is 5.96 Å². The van der Waals surface area contributed by atoms with Crippen molar-refractivity contribution in [3.05, 3.63) is 42.5 Å².